The molecule has 7 nitrogen and oxygen atoms in total. The van der Waals surface area contributed by atoms with Crippen LogP contribution in [0.25, 0.3) is 10.9 Å². The molecule has 0 aliphatic carbocycles. The first kappa shape index (κ1) is 13.7. The molecule has 2 aromatic heterocycles. The zero-order valence-electron chi connectivity index (χ0n) is 12.4. The minimum Gasteiger partial charge on any atom is -0.464 e. The van der Waals surface area contributed by atoms with Gasteiger partial charge in [0.25, 0.3) is 0 Å². The number of hydrogen-bond acceptors (Lipinski definition) is 5. The molecule has 0 radical (unpaired) electrons. The Morgan fingerprint density at radius 2 is 2.17 bits per heavy atom. The second-order valence-corrected chi connectivity index (χ2v) is 5.43. The molecule has 1 aromatic carbocycles. The minimum absolute atomic E-state index is 0.536. The summed E-state index contributed by atoms with van der Waals surface area (Å²) in [6.07, 6.45) is 0.496. The summed E-state index contributed by atoms with van der Waals surface area (Å²) in [6.45, 7) is 3.16. The number of benzene rings is 1. The van der Waals surface area contributed by atoms with E-state index >= 15 is 0 Å². The third-order valence-corrected chi connectivity index (χ3v) is 3.95. The average Bonchev–Trinajstić information content (AvgIpc) is 3.10. The van der Waals surface area contributed by atoms with Crippen molar-refractivity contribution in [2.24, 2.45) is 0 Å². The number of fused-ring (bicyclic) bond motifs is 2. The summed E-state index contributed by atoms with van der Waals surface area (Å²) >= 11 is 0. The molecule has 23 heavy (non-hydrogen) atoms. The highest BCUT2D eigenvalue weighted by atomic mass is 16.5. The van der Waals surface area contributed by atoms with Crippen LogP contribution in [0.2, 0.25) is 0 Å². The van der Waals surface area contributed by atoms with Gasteiger partial charge in [0.1, 0.15) is 12.1 Å². The van der Waals surface area contributed by atoms with Gasteiger partial charge < -0.3 is 15.2 Å². The Morgan fingerprint density at radius 3 is 3.00 bits per heavy atom. The Kier molecular flexibility index (Phi) is 3.02. The standard InChI is InChI=1S/C16H14N4O3/c1-9-4-10-5-11(2-3-14(10)20(9)16(21)22)23-15-12-6-17-7-13(12)18-8-19-15/h2-5,8,17H,6-7H2,1H3,(H,21,22). The van der Waals surface area contributed by atoms with Crippen LogP contribution >= 0.6 is 0 Å². The van der Waals surface area contributed by atoms with E-state index in [1.807, 2.05) is 12.1 Å². The smallest absolute Gasteiger partial charge is 0.416 e. The van der Waals surface area contributed by atoms with Crippen LogP contribution in [0.15, 0.2) is 30.6 Å². The molecule has 3 heterocycles. The summed E-state index contributed by atoms with van der Waals surface area (Å²) in [7, 11) is 0. The van der Waals surface area contributed by atoms with E-state index in [1.165, 1.54) is 10.9 Å². The molecule has 0 spiro atoms. The van der Waals surface area contributed by atoms with E-state index in [9.17, 15) is 9.90 Å². The molecule has 0 saturated carbocycles. The lowest BCUT2D eigenvalue weighted by atomic mass is 10.2. The average molecular weight is 310 g/mol. The molecule has 0 unspecified atom stereocenters. The van der Waals surface area contributed by atoms with Gasteiger partial charge in [-0.1, -0.05) is 0 Å². The van der Waals surface area contributed by atoms with Gasteiger partial charge in [0.2, 0.25) is 5.88 Å². The van der Waals surface area contributed by atoms with Gasteiger partial charge in [-0.25, -0.2) is 14.8 Å². The zero-order chi connectivity index (χ0) is 16.0. The van der Waals surface area contributed by atoms with Gasteiger partial charge in [-0.2, -0.15) is 0 Å². The van der Waals surface area contributed by atoms with Gasteiger partial charge in [-0.05, 0) is 31.2 Å². The van der Waals surface area contributed by atoms with Crippen LogP contribution in [0.5, 0.6) is 11.6 Å². The van der Waals surface area contributed by atoms with Crippen molar-refractivity contribution in [3.05, 3.63) is 47.5 Å². The van der Waals surface area contributed by atoms with Crippen molar-refractivity contribution < 1.29 is 14.6 Å². The highest BCUT2D eigenvalue weighted by Gasteiger charge is 2.18. The van der Waals surface area contributed by atoms with Gasteiger partial charge in [0.05, 0.1) is 16.8 Å². The van der Waals surface area contributed by atoms with Gasteiger partial charge in [0.15, 0.2) is 0 Å². The molecule has 116 valence electrons. The van der Waals surface area contributed by atoms with E-state index in [0.29, 0.717) is 35.9 Å². The van der Waals surface area contributed by atoms with Crippen molar-refractivity contribution in [2.75, 3.05) is 0 Å². The lowest BCUT2D eigenvalue weighted by Crippen LogP contribution is -2.08. The molecule has 0 fully saturated rings. The fourth-order valence-electron chi connectivity index (χ4n) is 2.91. The predicted octanol–water partition coefficient (Wildman–Crippen LogP) is 2.66. The fourth-order valence-corrected chi connectivity index (χ4v) is 2.91. The summed E-state index contributed by atoms with van der Waals surface area (Å²) < 4.78 is 7.15. The lowest BCUT2D eigenvalue weighted by Gasteiger charge is -2.08. The maximum absolute atomic E-state index is 11.3. The molecule has 1 aliphatic heterocycles. The lowest BCUT2D eigenvalue weighted by molar-refractivity contribution is 0.197. The minimum atomic E-state index is -0.995. The number of rotatable bonds is 2. The van der Waals surface area contributed by atoms with Crippen LogP contribution in [0.4, 0.5) is 4.79 Å². The predicted molar refractivity (Wildman–Crippen MR) is 82.7 cm³/mol. The van der Waals surface area contributed by atoms with Gasteiger partial charge in [-0.15, -0.1) is 0 Å². The highest BCUT2D eigenvalue weighted by molar-refractivity contribution is 5.91. The van der Waals surface area contributed by atoms with E-state index < -0.39 is 6.09 Å². The first-order chi connectivity index (χ1) is 11.1. The van der Waals surface area contributed by atoms with Crippen molar-refractivity contribution in [3.63, 3.8) is 0 Å². The van der Waals surface area contributed by atoms with Crippen molar-refractivity contribution >= 4 is 17.0 Å². The molecule has 1 aliphatic rings. The van der Waals surface area contributed by atoms with Crippen molar-refractivity contribution in [2.45, 2.75) is 20.0 Å². The molecule has 0 atom stereocenters. The second-order valence-electron chi connectivity index (χ2n) is 5.43. The Morgan fingerprint density at radius 1 is 1.30 bits per heavy atom. The molecule has 7 heteroatoms. The molecule has 0 saturated heterocycles. The first-order valence-corrected chi connectivity index (χ1v) is 7.20. The summed E-state index contributed by atoms with van der Waals surface area (Å²) in [6, 6.07) is 7.13. The quantitative estimate of drug-likeness (QED) is 0.756. The van der Waals surface area contributed by atoms with E-state index in [-0.39, 0.29) is 0 Å². The second kappa shape index (κ2) is 5.06. The number of hydrogen-bond donors (Lipinski definition) is 2. The van der Waals surface area contributed by atoms with Crippen molar-refractivity contribution in [1.82, 2.24) is 19.9 Å². The molecular formula is C16H14N4O3. The zero-order valence-corrected chi connectivity index (χ0v) is 12.4. The van der Waals surface area contributed by atoms with Crippen LogP contribution < -0.4 is 10.1 Å². The van der Waals surface area contributed by atoms with Crippen LogP contribution in [0.3, 0.4) is 0 Å². The summed E-state index contributed by atoms with van der Waals surface area (Å²) in [4.78, 5) is 19.7. The van der Waals surface area contributed by atoms with E-state index in [0.717, 1.165) is 16.6 Å². The Bertz CT molecular complexity index is 932. The monoisotopic (exact) mass is 310 g/mol. The van der Waals surface area contributed by atoms with Crippen LogP contribution in [0.1, 0.15) is 17.0 Å². The summed E-state index contributed by atoms with van der Waals surface area (Å²) in [5.74, 6) is 1.15. The number of nitrogens with zero attached hydrogens (tertiary/aromatic N) is 3. The van der Waals surface area contributed by atoms with Gasteiger partial charge >= 0.3 is 6.09 Å². The number of aromatic nitrogens is 3. The normalized spacial score (nSPS) is 13.3. The third kappa shape index (κ3) is 2.22. The van der Waals surface area contributed by atoms with E-state index in [4.69, 9.17) is 4.74 Å². The molecule has 3 aromatic rings. The maximum Gasteiger partial charge on any atom is 0.416 e. The van der Waals surface area contributed by atoms with Crippen LogP contribution in [-0.2, 0) is 13.1 Å². The Labute approximate surface area is 131 Å². The third-order valence-electron chi connectivity index (χ3n) is 3.95. The van der Waals surface area contributed by atoms with Crippen LogP contribution in [0, 0.1) is 6.92 Å². The van der Waals surface area contributed by atoms with Gasteiger partial charge in [-0.3, -0.25) is 4.57 Å². The highest BCUT2D eigenvalue weighted by Crippen LogP contribution is 2.30. The topological polar surface area (TPSA) is 89.3 Å². The number of ether oxygens (including phenoxy) is 1. The molecule has 2 N–H and O–H groups in total. The first-order valence-electron chi connectivity index (χ1n) is 7.20. The maximum atomic E-state index is 11.3. The SMILES string of the molecule is Cc1cc2cc(Oc3ncnc4c3CNC4)ccc2n1C(=O)O. The molecule has 0 amide bonds. The number of nitrogens with one attached hydrogen (secondary N) is 1. The Balaban J connectivity index is 1.74. The number of carboxylic acid groups (broad SMARTS) is 1. The molecule has 0 bridgehead atoms. The fraction of sp³-hybridized carbons (Fsp3) is 0.188. The Hall–Kier alpha value is -2.93. The van der Waals surface area contributed by atoms with E-state index in [1.54, 1.807) is 19.1 Å². The number of carbonyl (C=O) groups is 1. The largest absolute Gasteiger partial charge is 0.464 e. The summed E-state index contributed by atoms with van der Waals surface area (Å²) in [5.41, 5.74) is 3.21. The molecule has 4 rings (SSSR count). The van der Waals surface area contributed by atoms with Gasteiger partial charge in [0, 0.05) is 24.2 Å². The van der Waals surface area contributed by atoms with E-state index in [2.05, 4.69) is 15.3 Å². The van der Waals surface area contributed by atoms with Crippen LogP contribution in [-0.4, -0.2) is 25.7 Å². The summed E-state index contributed by atoms with van der Waals surface area (Å²) in [5, 5.41) is 13.3. The molecular weight excluding hydrogens is 296 g/mol. The number of aryl methyl sites for hydroxylation is 1. The van der Waals surface area contributed by atoms with Crippen molar-refractivity contribution in [3.8, 4) is 11.6 Å². The van der Waals surface area contributed by atoms with Crippen molar-refractivity contribution in [1.29, 1.82) is 0 Å².